The topological polar surface area (TPSA) is 83.1 Å². The summed E-state index contributed by atoms with van der Waals surface area (Å²) in [6.45, 7) is 6.95. The van der Waals surface area contributed by atoms with E-state index in [1.165, 1.54) is 0 Å². The molecule has 0 saturated carbocycles. The molecule has 4 rings (SSSR count). The SMILES string of the molecule is CC(COc1ccc(/C=C2\SC(=O)NC2=O)cc1)C1OC[C@H]2OC(C)(C)O[C@@H]12. The first-order valence-electron chi connectivity index (χ1n) is 9.26. The third kappa shape index (κ3) is 4.10. The van der Waals surface area contributed by atoms with Crippen LogP contribution in [0.5, 0.6) is 5.75 Å². The van der Waals surface area contributed by atoms with E-state index in [0.29, 0.717) is 18.1 Å². The number of nitrogens with one attached hydrogen (secondary N) is 1. The van der Waals surface area contributed by atoms with Gasteiger partial charge in [-0.15, -0.1) is 0 Å². The van der Waals surface area contributed by atoms with Gasteiger partial charge in [-0.3, -0.25) is 14.9 Å². The average Bonchev–Trinajstić information content (AvgIpc) is 3.25. The Labute approximate surface area is 167 Å². The number of amides is 2. The molecule has 3 saturated heterocycles. The van der Waals surface area contributed by atoms with Gasteiger partial charge >= 0.3 is 0 Å². The third-order valence-corrected chi connectivity index (χ3v) is 5.70. The van der Waals surface area contributed by atoms with Gasteiger partial charge in [0.05, 0.1) is 24.2 Å². The molecule has 1 N–H and O–H groups in total. The fourth-order valence-corrected chi connectivity index (χ4v) is 4.30. The summed E-state index contributed by atoms with van der Waals surface area (Å²) in [6, 6.07) is 7.38. The molecule has 0 aromatic heterocycles. The van der Waals surface area contributed by atoms with Gasteiger partial charge in [0.1, 0.15) is 18.0 Å². The second-order valence-electron chi connectivity index (χ2n) is 7.65. The second kappa shape index (κ2) is 7.51. The lowest BCUT2D eigenvalue weighted by atomic mass is 9.99. The van der Waals surface area contributed by atoms with E-state index in [4.69, 9.17) is 18.9 Å². The molecule has 0 bridgehead atoms. The molecule has 28 heavy (non-hydrogen) atoms. The van der Waals surface area contributed by atoms with E-state index >= 15 is 0 Å². The highest BCUT2D eigenvalue weighted by Crippen LogP contribution is 2.37. The maximum Gasteiger partial charge on any atom is 0.290 e. The van der Waals surface area contributed by atoms with Crippen LogP contribution < -0.4 is 10.1 Å². The molecule has 3 aliphatic rings. The first-order chi connectivity index (χ1) is 13.3. The fraction of sp³-hybridized carbons (Fsp3) is 0.500. The quantitative estimate of drug-likeness (QED) is 0.754. The number of benzene rings is 1. The summed E-state index contributed by atoms with van der Waals surface area (Å²) in [5, 5.41) is 1.89. The largest absolute Gasteiger partial charge is 0.493 e. The summed E-state index contributed by atoms with van der Waals surface area (Å²) in [5.41, 5.74) is 0.827. The predicted octanol–water partition coefficient (Wildman–Crippen LogP) is 2.94. The van der Waals surface area contributed by atoms with E-state index in [2.05, 4.69) is 12.2 Å². The smallest absolute Gasteiger partial charge is 0.290 e. The van der Waals surface area contributed by atoms with Crippen molar-refractivity contribution in [1.82, 2.24) is 5.32 Å². The summed E-state index contributed by atoms with van der Waals surface area (Å²) in [4.78, 5) is 23.2. The number of rotatable bonds is 5. The average molecular weight is 405 g/mol. The van der Waals surface area contributed by atoms with E-state index in [1.54, 1.807) is 6.08 Å². The Bertz CT molecular complexity index is 805. The Hall–Kier alpha value is -1.87. The third-order valence-electron chi connectivity index (χ3n) is 4.89. The van der Waals surface area contributed by atoms with Crippen LogP contribution in [0.15, 0.2) is 29.2 Å². The van der Waals surface area contributed by atoms with Crippen LogP contribution >= 0.6 is 11.8 Å². The molecule has 0 aliphatic carbocycles. The summed E-state index contributed by atoms with van der Waals surface area (Å²) >= 11 is 0.903. The number of fused-ring (bicyclic) bond motifs is 1. The monoisotopic (exact) mass is 405 g/mol. The van der Waals surface area contributed by atoms with Gasteiger partial charge in [-0.25, -0.2) is 0 Å². The van der Waals surface area contributed by atoms with Crippen molar-refractivity contribution in [3.63, 3.8) is 0 Å². The van der Waals surface area contributed by atoms with Crippen molar-refractivity contribution < 1.29 is 28.5 Å². The number of ether oxygens (including phenoxy) is 4. The van der Waals surface area contributed by atoms with Crippen LogP contribution in [-0.2, 0) is 19.0 Å². The molecule has 3 heterocycles. The predicted molar refractivity (Wildman–Crippen MR) is 104 cm³/mol. The molecule has 3 fully saturated rings. The number of hydrogen-bond donors (Lipinski definition) is 1. The highest BCUT2D eigenvalue weighted by molar-refractivity contribution is 8.18. The molecule has 3 aliphatic heterocycles. The summed E-state index contributed by atoms with van der Waals surface area (Å²) in [7, 11) is 0. The van der Waals surface area contributed by atoms with Crippen LogP contribution in [0.2, 0.25) is 0 Å². The van der Waals surface area contributed by atoms with Gasteiger partial charge in [-0.05, 0) is 49.4 Å². The van der Waals surface area contributed by atoms with E-state index in [9.17, 15) is 9.59 Å². The normalized spacial score (nSPS) is 31.1. The molecule has 2 unspecified atom stereocenters. The lowest BCUT2D eigenvalue weighted by Crippen LogP contribution is -2.36. The molecule has 4 atom stereocenters. The molecule has 2 amide bonds. The van der Waals surface area contributed by atoms with Crippen LogP contribution in [0.1, 0.15) is 26.3 Å². The zero-order valence-electron chi connectivity index (χ0n) is 16.0. The number of thioether (sulfide) groups is 1. The number of imide groups is 1. The number of carbonyl (C=O) groups is 2. The van der Waals surface area contributed by atoms with Crippen molar-refractivity contribution in [2.24, 2.45) is 5.92 Å². The maximum atomic E-state index is 11.6. The molecule has 8 heteroatoms. The second-order valence-corrected chi connectivity index (χ2v) is 8.66. The van der Waals surface area contributed by atoms with E-state index in [-0.39, 0.29) is 35.4 Å². The minimum Gasteiger partial charge on any atom is -0.493 e. The zero-order valence-corrected chi connectivity index (χ0v) is 16.8. The zero-order chi connectivity index (χ0) is 19.9. The fourth-order valence-electron chi connectivity index (χ4n) is 3.61. The Kier molecular flexibility index (Phi) is 5.22. The molecule has 150 valence electrons. The molecule has 0 spiro atoms. The van der Waals surface area contributed by atoms with Crippen molar-refractivity contribution in [3.05, 3.63) is 34.7 Å². The van der Waals surface area contributed by atoms with Crippen LogP contribution in [0.25, 0.3) is 6.08 Å². The van der Waals surface area contributed by atoms with Gasteiger partial charge in [0.2, 0.25) is 0 Å². The Morgan fingerprint density at radius 2 is 2.04 bits per heavy atom. The molecular weight excluding hydrogens is 382 g/mol. The highest BCUT2D eigenvalue weighted by Gasteiger charge is 2.51. The van der Waals surface area contributed by atoms with Crippen LogP contribution in [0.4, 0.5) is 4.79 Å². The van der Waals surface area contributed by atoms with Crippen LogP contribution in [0, 0.1) is 5.92 Å². The van der Waals surface area contributed by atoms with Gasteiger partial charge in [0, 0.05) is 5.92 Å². The van der Waals surface area contributed by atoms with Gasteiger partial charge in [-0.1, -0.05) is 19.1 Å². The van der Waals surface area contributed by atoms with Crippen molar-refractivity contribution in [2.45, 2.75) is 44.9 Å². The van der Waals surface area contributed by atoms with Crippen molar-refractivity contribution >= 4 is 29.0 Å². The van der Waals surface area contributed by atoms with Crippen molar-refractivity contribution in [3.8, 4) is 5.75 Å². The summed E-state index contributed by atoms with van der Waals surface area (Å²) in [5.74, 6) is -0.0622. The lowest BCUT2D eigenvalue weighted by Gasteiger charge is -2.25. The minimum atomic E-state index is -0.568. The van der Waals surface area contributed by atoms with Gasteiger partial charge < -0.3 is 18.9 Å². The molecule has 7 nitrogen and oxygen atoms in total. The van der Waals surface area contributed by atoms with E-state index < -0.39 is 5.79 Å². The van der Waals surface area contributed by atoms with Crippen molar-refractivity contribution in [2.75, 3.05) is 13.2 Å². The molecule has 0 radical (unpaired) electrons. The van der Waals surface area contributed by atoms with Gasteiger partial charge in [0.25, 0.3) is 11.1 Å². The van der Waals surface area contributed by atoms with Crippen LogP contribution in [0.3, 0.4) is 0 Å². The Morgan fingerprint density at radius 1 is 1.29 bits per heavy atom. The van der Waals surface area contributed by atoms with Crippen molar-refractivity contribution in [1.29, 1.82) is 0 Å². The summed E-state index contributed by atoms with van der Waals surface area (Å²) < 4.78 is 23.6. The highest BCUT2D eigenvalue weighted by atomic mass is 32.2. The first kappa shape index (κ1) is 19.4. The molecule has 1 aromatic carbocycles. The first-order valence-corrected chi connectivity index (χ1v) is 10.1. The maximum absolute atomic E-state index is 11.6. The van der Waals surface area contributed by atoms with Gasteiger partial charge in [0.15, 0.2) is 5.79 Å². The van der Waals surface area contributed by atoms with E-state index in [0.717, 1.165) is 23.1 Å². The summed E-state index contributed by atoms with van der Waals surface area (Å²) in [6.07, 6.45) is 1.53. The standard InChI is InChI=1S/C20H23NO6S/c1-11(16-17-14(10-25-16)26-20(2,3)27-17)9-24-13-6-4-12(5-7-13)8-15-18(22)21-19(23)28-15/h4-8,11,14,16-17H,9-10H2,1-3H3,(H,21,22,23)/b15-8-/t11?,14-,16?,17-/m1/s1. The lowest BCUT2D eigenvalue weighted by molar-refractivity contribution is -0.180. The van der Waals surface area contributed by atoms with Crippen LogP contribution in [-0.4, -0.2) is 48.5 Å². The number of carbonyl (C=O) groups excluding carboxylic acids is 2. The molecular formula is C20H23NO6S. The Morgan fingerprint density at radius 3 is 2.71 bits per heavy atom. The van der Waals surface area contributed by atoms with E-state index in [1.807, 2.05) is 38.1 Å². The number of hydrogen-bond acceptors (Lipinski definition) is 7. The van der Waals surface area contributed by atoms with Gasteiger partial charge in [-0.2, -0.15) is 0 Å². The Balaban J connectivity index is 1.32. The molecule has 1 aromatic rings. The minimum absolute atomic E-state index is 0.0210.